The lowest BCUT2D eigenvalue weighted by molar-refractivity contribution is -0.110. The summed E-state index contributed by atoms with van der Waals surface area (Å²) >= 11 is 1.57. The molecule has 4 aromatic rings. The highest BCUT2D eigenvalue weighted by atomic mass is 32.1. The van der Waals surface area contributed by atoms with Crippen molar-refractivity contribution in [2.24, 2.45) is 0 Å². The van der Waals surface area contributed by atoms with E-state index in [2.05, 4.69) is 10.3 Å². The molecule has 0 bridgehead atoms. The van der Waals surface area contributed by atoms with Gasteiger partial charge >= 0.3 is 5.97 Å². The van der Waals surface area contributed by atoms with Crippen molar-refractivity contribution in [3.63, 3.8) is 0 Å². The van der Waals surface area contributed by atoms with Crippen molar-refractivity contribution >= 4 is 40.5 Å². The van der Waals surface area contributed by atoms with Crippen LogP contribution < -0.4 is 5.32 Å². The Hall–Kier alpha value is -3.97. The summed E-state index contributed by atoms with van der Waals surface area (Å²) in [5, 5.41) is 15.3. The zero-order valence-electron chi connectivity index (χ0n) is 17.4. The fraction of sp³-hybridized carbons (Fsp3) is 0.0800. The largest absolute Gasteiger partial charge is 0.478 e. The van der Waals surface area contributed by atoms with Crippen LogP contribution in [0.3, 0.4) is 0 Å². The van der Waals surface area contributed by atoms with Gasteiger partial charge in [0, 0.05) is 39.1 Å². The van der Waals surface area contributed by atoms with Crippen LogP contribution in [0.1, 0.15) is 32.9 Å². The highest BCUT2D eigenvalue weighted by Gasteiger charge is 2.26. The molecule has 7 heteroatoms. The Morgan fingerprint density at radius 3 is 2.59 bits per heavy atom. The fourth-order valence-electron chi connectivity index (χ4n) is 3.99. The third-order valence-electron chi connectivity index (χ3n) is 5.60. The molecule has 5 rings (SSSR count). The summed E-state index contributed by atoms with van der Waals surface area (Å²) in [6, 6.07) is 15.8. The van der Waals surface area contributed by atoms with Crippen molar-refractivity contribution in [3.8, 4) is 21.8 Å². The number of H-pyrrole nitrogens is 1. The van der Waals surface area contributed by atoms with E-state index in [-0.39, 0.29) is 11.5 Å². The van der Waals surface area contributed by atoms with Crippen LogP contribution in [-0.4, -0.2) is 27.0 Å². The quantitative estimate of drug-likeness (QED) is 0.359. The van der Waals surface area contributed by atoms with Crippen LogP contribution >= 0.6 is 11.3 Å². The Morgan fingerprint density at radius 2 is 1.88 bits per heavy atom. The zero-order chi connectivity index (χ0) is 22.4. The molecule has 1 aliphatic heterocycles. The number of thiazole rings is 1. The van der Waals surface area contributed by atoms with Gasteiger partial charge in [-0.15, -0.1) is 11.3 Å². The van der Waals surface area contributed by atoms with Crippen LogP contribution in [0.5, 0.6) is 0 Å². The number of fused-ring (bicyclic) bond motifs is 1. The van der Waals surface area contributed by atoms with Crippen molar-refractivity contribution < 1.29 is 14.7 Å². The molecule has 0 aliphatic carbocycles. The van der Waals surface area contributed by atoms with Gasteiger partial charge in [0.2, 0.25) is 0 Å². The van der Waals surface area contributed by atoms with E-state index in [9.17, 15) is 14.7 Å². The van der Waals surface area contributed by atoms with Gasteiger partial charge in [-0.2, -0.15) is 0 Å². The molecule has 32 heavy (non-hydrogen) atoms. The Morgan fingerprint density at radius 1 is 1.09 bits per heavy atom. The minimum atomic E-state index is -0.989. The topological polar surface area (TPSA) is 95.1 Å². The molecule has 0 fully saturated rings. The van der Waals surface area contributed by atoms with Gasteiger partial charge in [-0.1, -0.05) is 36.4 Å². The zero-order valence-corrected chi connectivity index (χ0v) is 18.2. The van der Waals surface area contributed by atoms with E-state index < -0.39 is 5.97 Å². The Balaban J connectivity index is 1.55. The van der Waals surface area contributed by atoms with Gasteiger partial charge in [0.25, 0.3) is 5.91 Å². The van der Waals surface area contributed by atoms with Crippen LogP contribution in [0, 0.1) is 13.8 Å². The first-order valence-electron chi connectivity index (χ1n) is 10.0. The van der Waals surface area contributed by atoms with Crippen molar-refractivity contribution in [2.75, 3.05) is 5.32 Å². The maximum Gasteiger partial charge on any atom is 0.337 e. The number of carbonyl (C=O) groups excluding carboxylic acids is 1. The van der Waals surface area contributed by atoms with Gasteiger partial charge in [0.15, 0.2) is 0 Å². The van der Waals surface area contributed by atoms with Gasteiger partial charge in [0.1, 0.15) is 5.01 Å². The molecule has 158 valence electrons. The van der Waals surface area contributed by atoms with Gasteiger partial charge in [-0.05, 0) is 37.6 Å². The summed E-state index contributed by atoms with van der Waals surface area (Å²) in [4.78, 5) is 32.1. The number of carboxylic acids is 1. The third kappa shape index (κ3) is 3.33. The number of rotatable bonds is 4. The van der Waals surface area contributed by atoms with Crippen molar-refractivity contribution in [1.29, 1.82) is 0 Å². The van der Waals surface area contributed by atoms with Gasteiger partial charge in [-0.3, -0.25) is 4.79 Å². The number of aryl methyl sites for hydroxylation is 1. The van der Waals surface area contributed by atoms with E-state index in [4.69, 9.17) is 4.98 Å². The molecule has 0 unspecified atom stereocenters. The summed E-state index contributed by atoms with van der Waals surface area (Å²) in [6.07, 6.45) is 1.72. The van der Waals surface area contributed by atoms with E-state index in [1.54, 1.807) is 31.3 Å². The number of amides is 1. The summed E-state index contributed by atoms with van der Waals surface area (Å²) in [5.41, 5.74) is 6.81. The molecule has 0 atom stereocenters. The summed E-state index contributed by atoms with van der Waals surface area (Å²) < 4.78 is 0. The number of aromatic nitrogens is 2. The van der Waals surface area contributed by atoms with Crippen molar-refractivity contribution in [2.45, 2.75) is 13.8 Å². The maximum atomic E-state index is 12.7. The number of nitrogens with one attached hydrogen (secondary N) is 2. The predicted molar refractivity (Wildman–Crippen MR) is 127 cm³/mol. The molecule has 0 radical (unpaired) electrons. The van der Waals surface area contributed by atoms with E-state index in [0.717, 1.165) is 33.1 Å². The number of aromatic carboxylic acids is 1. The Kier molecular flexibility index (Phi) is 4.75. The lowest BCUT2D eigenvalue weighted by Crippen LogP contribution is -2.03. The second kappa shape index (κ2) is 7.62. The number of anilines is 1. The van der Waals surface area contributed by atoms with Gasteiger partial charge in [-0.25, -0.2) is 9.78 Å². The molecule has 0 spiro atoms. The molecule has 1 aliphatic rings. The van der Waals surface area contributed by atoms with Gasteiger partial charge < -0.3 is 15.4 Å². The van der Waals surface area contributed by atoms with E-state index >= 15 is 0 Å². The fourth-order valence-corrected chi connectivity index (χ4v) is 4.83. The first-order valence-corrected chi connectivity index (χ1v) is 10.9. The smallest absolute Gasteiger partial charge is 0.337 e. The van der Waals surface area contributed by atoms with Crippen LogP contribution in [-0.2, 0) is 4.79 Å². The second-order valence-electron chi connectivity index (χ2n) is 7.65. The molecule has 0 saturated heterocycles. The maximum absolute atomic E-state index is 12.7. The molecule has 2 aromatic carbocycles. The average Bonchev–Trinajstić information content (AvgIpc) is 3.45. The van der Waals surface area contributed by atoms with Crippen LogP contribution in [0.4, 0.5) is 5.69 Å². The standard InChI is InChI=1S/C25H19N3O3S/c1-13-20(26-14(2)22(13)25(30)31)11-18-17-10-16(8-9-19(17)27-23(18)29)21-12-32-24(28-21)15-6-4-3-5-7-15/h3-12,26H,1-2H3,(H,27,29)(H,30,31)/b18-11-. The lowest BCUT2D eigenvalue weighted by Gasteiger charge is -2.03. The van der Waals surface area contributed by atoms with E-state index in [1.165, 1.54) is 0 Å². The highest BCUT2D eigenvalue weighted by Crippen LogP contribution is 2.38. The van der Waals surface area contributed by atoms with E-state index in [0.29, 0.717) is 22.5 Å². The number of nitrogens with zero attached hydrogens (tertiary/aromatic N) is 1. The molecule has 2 aromatic heterocycles. The van der Waals surface area contributed by atoms with E-state index in [1.807, 2.05) is 53.9 Å². The number of aromatic amines is 1. The van der Waals surface area contributed by atoms with Crippen molar-refractivity contribution in [3.05, 3.63) is 82.0 Å². The number of hydrogen-bond donors (Lipinski definition) is 3. The third-order valence-corrected chi connectivity index (χ3v) is 6.49. The summed E-state index contributed by atoms with van der Waals surface area (Å²) in [5.74, 6) is -1.21. The molecule has 0 saturated carbocycles. The minimum absolute atomic E-state index is 0.219. The molecular weight excluding hydrogens is 422 g/mol. The molecule has 3 N–H and O–H groups in total. The SMILES string of the molecule is Cc1[nH]c(/C=C2\C(=O)Nc3ccc(-c4csc(-c5ccccc5)n4)cc32)c(C)c1C(=O)O. The van der Waals surface area contributed by atoms with Crippen LogP contribution in [0.2, 0.25) is 0 Å². The first-order chi connectivity index (χ1) is 15.4. The molecule has 3 heterocycles. The second-order valence-corrected chi connectivity index (χ2v) is 8.50. The van der Waals surface area contributed by atoms with Crippen LogP contribution in [0.15, 0.2) is 53.9 Å². The average molecular weight is 442 g/mol. The number of benzene rings is 2. The monoisotopic (exact) mass is 441 g/mol. The van der Waals surface area contributed by atoms with Gasteiger partial charge in [0.05, 0.1) is 16.8 Å². The minimum Gasteiger partial charge on any atom is -0.478 e. The molecule has 1 amide bonds. The Bertz CT molecular complexity index is 1410. The first kappa shape index (κ1) is 20.0. The summed E-state index contributed by atoms with van der Waals surface area (Å²) in [6.45, 7) is 3.45. The summed E-state index contributed by atoms with van der Waals surface area (Å²) in [7, 11) is 0. The number of carboxylic acid groups (broad SMARTS) is 1. The molecule has 6 nitrogen and oxygen atoms in total. The molecular formula is C25H19N3O3S. The van der Waals surface area contributed by atoms with Crippen LogP contribution in [0.25, 0.3) is 33.5 Å². The predicted octanol–water partition coefficient (Wildman–Crippen LogP) is 5.61. The van der Waals surface area contributed by atoms with Crippen molar-refractivity contribution in [1.82, 2.24) is 9.97 Å². The highest BCUT2D eigenvalue weighted by molar-refractivity contribution is 7.13. The Labute approximate surface area is 188 Å². The number of hydrogen-bond acceptors (Lipinski definition) is 4. The lowest BCUT2D eigenvalue weighted by atomic mass is 10.0. The normalized spacial score (nSPS) is 13.9. The number of carbonyl (C=O) groups is 2.